The molecule has 0 aliphatic carbocycles. The second-order valence-corrected chi connectivity index (χ2v) is 5.67. The lowest BCUT2D eigenvalue weighted by atomic mass is 9.89. The maximum Gasteiger partial charge on any atom is 0.416 e. The van der Waals surface area contributed by atoms with Crippen LogP contribution in [0.2, 0.25) is 0 Å². The normalized spacial score (nSPS) is 11.4. The van der Waals surface area contributed by atoms with Crippen LogP contribution in [0.4, 0.5) is 13.2 Å². The third-order valence-corrected chi connectivity index (χ3v) is 4.06. The van der Waals surface area contributed by atoms with E-state index in [-0.39, 0.29) is 16.7 Å². The fourth-order valence-corrected chi connectivity index (χ4v) is 2.91. The molecule has 0 bridgehead atoms. The molecule has 0 saturated heterocycles. The van der Waals surface area contributed by atoms with Crippen LogP contribution < -0.4 is 5.73 Å². The van der Waals surface area contributed by atoms with Gasteiger partial charge in [-0.25, -0.2) is 9.97 Å². The number of alkyl halides is 3. The van der Waals surface area contributed by atoms with Gasteiger partial charge in [0.25, 0.3) is 0 Å². The highest BCUT2D eigenvalue weighted by atomic mass is 19.4. The van der Waals surface area contributed by atoms with Crippen molar-refractivity contribution < 1.29 is 18.0 Å². The van der Waals surface area contributed by atoms with Gasteiger partial charge < -0.3 is 5.73 Å². The van der Waals surface area contributed by atoms with Crippen molar-refractivity contribution >= 4 is 5.91 Å². The van der Waals surface area contributed by atoms with Crippen molar-refractivity contribution in [2.24, 2.45) is 5.73 Å². The summed E-state index contributed by atoms with van der Waals surface area (Å²) in [7, 11) is 0. The molecule has 0 spiro atoms. The van der Waals surface area contributed by atoms with Crippen LogP contribution in [0.15, 0.2) is 55.0 Å². The molecular weight excluding hydrogens is 343 g/mol. The summed E-state index contributed by atoms with van der Waals surface area (Å²) in [4.78, 5) is 20.0. The molecule has 3 aromatic rings. The molecule has 0 saturated carbocycles. The van der Waals surface area contributed by atoms with Crippen molar-refractivity contribution in [3.63, 3.8) is 0 Å². The number of amides is 1. The van der Waals surface area contributed by atoms with E-state index in [1.165, 1.54) is 19.4 Å². The summed E-state index contributed by atoms with van der Waals surface area (Å²) in [6.45, 7) is 1.31. The fourth-order valence-electron chi connectivity index (χ4n) is 2.91. The molecule has 0 fully saturated rings. The predicted octanol–water partition coefficient (Wildman–Crippen LogP) is 4.24. The number of rotatable bonds is 3. The molecule has 132 valence electrons. The van der Waals surface area contributed by atoms with Gasteiger partial charge >= 0.3 is 6.18 Å². The van der Waals surface area contributed by atoms with Crippen LogP contribution in [-0.2, 0) is 6.18 Å². The first-order valence-electron chi connectivity index (χ1n) is 7.67. The minimum Gasteiger partial charge on any atom is -0.366 e. The van der Waals surface area contributed by atoms with Gasteiger partial charge in [0, 0.05) is 28.5 Å². The Hall–Kier alpha value is -3.22. The van der Waals surface area contributed by atoms with Crippen LogP contribution >= 0.6 is 0 Å². The van der Waals surface area contributed by atoms with E-state index < -0.39 is 17.6 Å². The van der Waals surface area contributed by atoms with Gasteiger partial charge in [0.2, 0.25) is 5.91 Å². The topological polar surface area (TPSA) is 68.9 Å². The molecule has 2 N–H and O–H groups in total. The summed E-state index contributed by atoms with van der Waals surface area (Å²) in [5, 5.41) is 0. The van der Waals surface area contributed by atoms with Gasteiger partial charge in [-0.2, -0.15) is 13.2 Å². The molecule has 0 aliphatic rings. The highest BCUT2D eigenvalue weighted by Gasteiger charge is 2.34. The zero-order chi connectivity index (χ0) is 18.9. The Labute approximate surface area is 147 Å². The van der Waals surface area contributed by atoms with Crippen molar-refractivity contribution in [1.82, 2.24) is 9.97 Å². The number of aromatic nitrogens is 2. The summed E-state index contributed by atoms with van der Waals surface area (Å²) >= 11 is 0. The summed E-state index contributed by atoms with van der Waals surface area (Å²) in [6.07, 6.45) is -1.86. The number of carbonyl (C=O) groups is 1. The van der Waals surface area contributed by atoms with E-state index in [0.717, 1.165) is 12.1 Å². The molecule has 0 unspecified atom stereocenters. The van der Waals surface area contributed by atoms with Gasteiger partial charge in [-0.1, -0.05) is 30.3 Å². The maximum absolute atomic E-state index is 13.4. The SMILES string of the molecule is Cc1c(C(F)(F)F)ccc(C(N)=O)c1-c1cncnc1-c1ccccc1. The molecule has 4 nitrogen and oxygen atoms in total. The Kier molecular flexibility index (Phi) is 4.46. The van der Waals surface area contributed by atoms with E-state index in [9.17, 15) is 18.0 Å². The standard InChI is InChI=1S/C19H14F3N3O/c1-11-15(19(20,21)22)8-7-13(18(23)26)16(11)14-9-24-10-25-17(14)12-5-3-2-4-6-12/h2-10H,1H3,(H2,23,26). The molecule has 2 aromatic carbocycles. The van der Waals surface area contributed by atoms with E-state index in [1.807, 2.05) is 6.07 Å². The highest BCUT2D eigenvalue weighted by molar-refractivity contribution is 6.02. The number of hydrogen-bond donors (Lipinski definition) is 1. The molecule has 26 heavy (non-hydrogen) atoms. The summed E-state index contributed by atoms with van der Waals surface area (Å²) in [5.74, 6) is -0.820. The monoisotopic (exact) mass is 357 g/mol. The van der Waals surface area contributed by atoms with Crippen molar-refractivity contribution in [3.8, 4) is 22.4 Å². The van der Waals surface area contributed by atoms with Gasteiger partial charge in [0.15, 0.2) is 0 Å². The number of nitrogens with two attached hydrogens (primary N) is 1. The lowest BCUT2D eigenvalue weighted by Crippen LogP contribution is -2.16. The summed E-state index contributed by atoms with van der Waals surface area (Å²) < 4.78 is 40.1. The number of carbonyl (C=O) groups excluding carboxylic acids is 1. The van der Waals surface area contributed by atoms with Crippen molar-refractivity contribution in [2.75, 3.05) is 0 Å². The second kappa shape index (κ2) is 6.59. The Morgan fingerprint density at radius 1 is 1.08 bits per heavy atom. The Morgan fingerprint density at radius 2 is 1.77 bits per heavy atom. The molecule has 0 aliphatic heterocycles. The average Bonchev–Trinajstić information content (AvgIpc) is 2.61. The van der Waals surface area contributed by atoms with E-state index in [0.29, 0.717) is 16.8 Å². The Morgan fingerprint density at radius 3 is 2.38 bits per heavy atom. The number of nitrogens with zero attached hydrogens (tertiary/aromatic N) is 2. The van der Waals surface area contributed by atoms with Crippen molar-refractivity contribution in [1.29, 1.82) is 0 Å². The molecule has 1 heterocycles. The summed E-state index contributed by atoms with van der Waals surface area (Å²) in [6, 6.07) is 10.9. The molecule has 1 aromatic heterocycles. The van der Waals surface area contributed by atoms with E-state index in [2.05, 4.69) is 9.97 Å². The van der Waals surface area contributed by atoms with Crippen LogP contribution in [-0.4, -0.2) is 15.9 Å². The van der Waals surface area contributed by atoms with Crippen LogP contribution in [0.1, 0.15) is 21.5 Å². The number of hydrogen-bond acceptors (Lipinski definition) is 3. The van der Waals surface area contributed by atoms with E-state index in [4.69, 9.17) is 5.73 Å². The van der Waals surface area contributed by atoms with E-state index >= 15 is 0 Å². The minimum atomic E-state index is -4.56. The van der Waals surface area contributed by atoms with Crippen LogP contribution in [0.25, 0.3) is 22.4 Å². The Bertz CT molecular complexity index is 970. The first-order chi connectivity index (χ1) is 12.3. The predicted molar refractivity (Wildman–Crippen MR) is 91.2 cm³/mol. The molecular formula is C19H14F3N3O. The zero-order valence-corrected chi connectivity index (χ0v) is 13.7. The van der Waals surface area contributed by atoms with Crippen LogP contribution in [0, 0.1) is 6.92 Å². The first kappa shape index (κ1) is 17.6. The number of primary amides is 1. The lowest BCUT2D eigenvalue weighted by Gasteiger charge is -2.18. The van der Waals surface area contributed by atoms with Crippen molar-refractivity contribution in [2.45, 2.75) is 13.1 Å². The maximum atomic E-state index is 13.4. The van der Waals surface area contributed by atoms with Gasteiger partial charge in [0.1, 0.15) is 6.33 Å². The third-order valence-electron chi connectivity index (χ3n) is 4.06. The molecule has 1 amide bonds. The average molecular weight is 357 g/mol. The third kappa shape index (κ3) is 3.15. The van der Waals surface area contributed by atoms with Gasteiger partial charge in [0.05, 0.1) is 11.3 Å². The van der Waals surface area contributed by atoms with Gasteiger partial charge in [-0.3, -0.25) is 4.79 Å². The van der Waals surface area contributed by atoms with E-state index in [1.54, 1.807) is 24.3 Å². The molecule has 0 radical (unpaired) electrons. The van der Waals surface area contributed by atoms with Crippen LogP contribution in [0.3, 0.4) is 0 Å². The van der Waals surface area contributed by atoms with Crippen LogP contribution in [0.5, 0.6) is 0 Å². The number of halogens is 3. The molecule has 7 heteroatoms. The first-order valence-corrected chi connectivity index (χ1v) is 7.67. The summed E-state index contributed by atoms with van der Waals surface area (Å²) in [5.41, 5.74) is 5.99. The highest BCUT2D eigenvalue weighted by Crippen LogP contribution is 2.40. The molecule has 0 atom stereocenters. The van der Waals surface area contributed by atoms with Gasteiger partial charge in [-0.05, 0) is 24.6 Å². The largest absolute Gasteiger partial charge is 0.416 e. The van der Waals surface area contributed by atoms with Gasteiger partial charge in [-0.15, -0.1) is 0 Å². The Balaban J connectivity index is 2.36. The lowest BCUT2D eigenvalue weighted by molar-refractivity contribution is -0.138. The fraction of sp³-hybridized carbons (Fsp3) is 0.105. The quantitative estimate of drug-likeness (QED) is 0.762. The zero-order valence-electron chi connectivity index (χ0n) is 13.7. The molecule has 3 rings (SSSR count). The smallest absolute Gasteiger partial charge is 0.366 e. The number of benzene rings is 2. The second-order valence-electron chi connectivity index (χ2n) is 5.67. The van der Waals surface area contributed by atoms with Crippen molar-refractivity contribution in [3.05, 3.63) is 71.7 Å². The minimum absolute atomic E-state index is 0.0116.